The number of hydrogen-bond donors (Lipinski definition) is 2. The minimum Gasteiger partial charge on any atom is -0.350 e. The van der Waals surface area contributed by atoms with Crippen molar-refractivity contribution < 1.29 is 9.18 Å². The minimum absolute atomic E-state index is 0.0202. The minimum atomic E-state index is -0.569. The van der Waals surface area contributed by atoms with Gasteiger partial charge in [0.05, 0.1) is 21.1 Å². The van der Waals surface area contributed by atoms with Crippen LogP contribution in [0.4, 0.5) is 10.3 Å². The fourth-order valence-electron chi connectivity index (χ4n) is 4.15. The van der Waals surface area contributed by atoms with E-state index in [0.717, 1.165) is 15.4 Å². The monoisotopic (exact) mass is 522 g/mol. The van der Waals surface area contributed by atoms with Gasteiger partial charge in [0.25, 0.3) is 11.5 Å². The Morgan fingerprint density at radius 2 is 1.94 bits per heavy atom. The van der Waals surface area contributed by atoms with E-state index >= 15 is 0 Å². The average molecular weight is 523 g/mol. The van der Waals surface area contributed by atoms with Crippen molar-refractivity contribution in [3.05, 3.63) is 92.3 Å². The van der Waals surface area contributed by atoms with Gasteiger partial charge in [-0.15, -0.1) is 0 Å². The van der Waals surface area contributed by atoms with Crippen LogP contribution in [-0.4, -0.2) is 50.1 Å². The van der Waals surface area contributed by atoms with Gasteiger partial charge in [-0.2, -0.15) is 5.10 Å². The molecular formula is C24H20BrFN6O2. The Morgan fingerprint density at radius 3 is 2.74 bits per heavy atom. The molecule has 0 spiro atoms. The smallest absolute Gasteiger partial charge is 0.272 e. The molecule has 34 heavy (non-hydrogen) atoms. The number of hydrogen-bond acceptors (Lipinski definition) is 6. The molecule has 4 aromatic rings. The Bertz CT molecular complexity index is 1430. The third-order valence-electron chi connectivity index (χ3n) is 5.84. The zero-order chi connectivity index (χ0) is 23.7. The van der Waals surface area contributed by atoms with Crippen LogP contribution >= 0.6 is 15.9 Å². The topological polar surface area (TPSA) is 104 Å². The van der Waals surface area contributed by atoms with E-state index in [9.17, 15) is 14.0 Å². The van der Waals surface area contributed by atoms with Crippen molar-refractivity contribution in [2.75, 3.05) is 18.4 Å². The number of anilines is 1. The molecule has 1 aliphatic heterocycles. The molecule has 0 radical (unpaired) electrons. The molecule has 3 heterocycles. The van der Waals surface area contributed by atoms with Crippen molar-refractivity contribution in [2.45, 2.75) is 18.9 Å². The maximum Gasteiger partial charge on any atom is 0.272 e. The second-order valence-corrected chi connectivity index (χ2v) is 9.06. The van der Waals surface area contributed by atoms with E-state index < -0.39 is 5.82 Å². The number of amides is 1. The molecular weight excluding hydrogens is 503 g/mol. The van der Waals surface area contributed by atoms with Crippen molar-refractivity contribution in [1.82, 2.24) is 25.1 Å². The van der Waals surface area contributed by atoms with Crippen LogP contribution in [0, 0.1) is 5.82 Å². The number of carbonyl (C=O) groups excluding carboxylic acids is 1. The number of halogens is 2. The van der Waals surface area contributed by atoms with Gasteiger partial charge in [-0.25, -0.2) is 19.5 Å². The molecule has 1 atom stereocenters. The van der Waals surface area contributed by atoms with E-state index in [4.69, 9.17) is 0 Å². The molecule has 172 valence electrons. The lowest BCUT2D eigenvalue weighted by Crippen LogP contribution is -2.32. The maximum atomic E-state index is 14.6. The first-order valence-corrected chi connectivity index (χ1v) is 11.6. The summed E-state index contributed by atoms with van der Waals surface area (Å²) < 4.78 is 15.4. The maximum absolute atomic E-state index is 14.6. The van der Waals surface area contributed by atoms with Gasteiger partial charge in [0.1, 0.15) is 5.82 Å². The summed E-state index contributed by atoms with van der Waals surface area (Å²) in [5.74, 6) is -0.448. The summed E-state index contributed by atoms with van der Waals surface area (Å²) in [6.45, 7) is 0.927. The number of nitrogens with zero attached hydrogens (tertiary/aromatic N) is 4. The molecule has 2 aromatic heterocycles. The molecule has 0 saturated carbocycles. The first-order valence-electron chi connectivity index (χ1n) is 10.8. The van der Waals surface area contributed by atoms with Crippen LogP contribution < -0.4 is 10.9 Å². The van der Waals surface area contributed by atoms with E-state index in [1.54, 1.807) is 41.6 Å². The first-order chi connectivity index (χ1) is 16.5. The number of H-pyrrole nitrogens is 1. The zero-order valence-corrected chi connectivity index (χ0v) is 19.5. The fourth-order valence-corrected chi connectivity index (χ4v) is 4.35. The fraction of sp³-hybridized carbons (Fsp3) is 0.208. The second-order valence-electron chi connectivity index (χ2n) is 8.14. The third kappa shape index (κ3) is 4.54. The average Bonchev–Trinajstić information content (AvgIpc) is 3.32. The van der Waals surface area contributed by atoms with E-state index in [1.165, 1.54) is 6.07 Å². The summed E-state index contributed by atoms with van der Waals surface area (Å²) in [6, 6.07) is 11.7. The SMILES string of the molecule is O=C(c1cc(Cc2n[nH]c(=O)c3ccccc23)ccc1F)N1CCC(Nc2ncc(Br)cn2)C1. The van der Waals surface area contributed by atoms with Crippen molar-refractivity contribution in [1.29, 1.82) is 0 Å². The van der Waals surface area contributed by atoms with Crippen molar-refractivity contribution in [2.24, 2.45) is 0 Å². The van der Waals surface area contributed by atoms with Crippen LogP contribution in [0.25, 0.3) is 10.8 Å². The van der Waals surface area contributed by atoms with Crippen LogP contribution in [0.15, 0.2) is 64.1 Å². The van der Waals surface area contributed by atoms with E-state index in [0.29, 0.717) is 43.0 Å². The summed E-state index contributed by atoms with van der Waals surface area (Å²) in [7, 11) is 0. The number of carbonyl (C=O) groups is 1. The van der Waals surface area contributed by atoms with Crippen LogP contribution in [0.3, 0.4) is 0 Å². The largest absolute Gasteiger partial charge is 0.350 e. The molecule has 10 heteroatoms. The quantitative estimate of drug-likeness (QED) is 0.415. The number of nitrogens with one attached hydrogen (secondary N) is 2. The molecule has 8 nitrogen and oxygen atoms in total. The predicted molar refractivity (Wildman–Crippen MR) is 129 cm³/mol. The van der Waals surface area contributed by atoms with E-state index in [2.05, 4.69) is 41.4 Å². The molecule has 0 bridgehead atoms. The Kier molecular flexibility index (Phi) is 6.06. The predicted octanol–water partition coefficient (Wildman–Crippen LogP) is 3.53. The van der Waals surface area contributed by atoms with Gasteiger partial charge in [-0.05, 0) is 46.1 Å². The Morgan fingerprint density at radius 1 is 1.18 bits per heavy atom. The highest BCUT2D eigenvalue weighted by molar-refractivity contribution is 9.10. The second kappa shape index (κ2) is 9.30. The summed E-state index contributed by atoms with van der Waals surface area (Å²) in [5.41, 5.74) is 1.14. The molecule has 1 fully saturated rings. The zero-order valence-electron chi connectivity index (χ0n) is 18.0. The van der Waals surface area contributed by atoms with Crippen LogP contribution in [0.2, 0.25) is 0 Å². The number of aromatic amines is 1. The molecule has 2 N–H and O–H groups in total. The van der Waals surface area contributed by atoms with Crippen molar-refractivity contribution >= 4 is 38.6 Å². The summed E-state index contributed by atoms with van der Waals surface area (Å²) in [4.78, 5) is 35.2. The lowest BCUT2D eigenvalue weighted by molar-refractivity contribution is 0.0787. The van der Waals surface area contributed by atoms with E-state index in [1.807, 2.05) is 12.1 Å². The van der Waals surface area contributed by atoms with Crippen molar-refractivity contribution in [3.8, 4) is 0 Å². The number of benzene rings is 2. The molecule has 1 aliphatic rings. The molecule has 1 amide bonds. The van der Waals surface area contributed by atoms with Crippen LogP contribution in [0.5, 0.6) is 0 Å². The van der Waals surface area contributed by atoms with Crippen LogP contribution in [-0.2, 0) is 6.42 Å². The highest BCUT2D eigenvalue weighted by Gasteiger charge is 2.29. The Balaban J connectivity index is 1.33. The highest BCUT2D eigenvalue weighted by Crippen LogP contribution is 2.22. The van der Waals surface area contributed by atoms with Crippen LogP contribution in [0.1, 0.15) is 28.0 Å². The first kappa shape index (κ1) is 22.1. The van der Waals surface area contributed by atoms with Gasteiger partial charge >= 0.3 is 0 Å². The third-order valence-corrected chi connectivity index (χ3v) is 6.25. The van der Waals surface area contributed by atoms with Crippen molar-refractivity contribution in [3.63, 3.8) is 0 Å². The highest BCUT2D eigenvalue weighted by atomic mass is 79.9. The van der Waals surface area contributed by atoms with Gasteiger partial charge in [-0.3, -0.25) is 9.59 Å². The summed E-state index contributed by atoms with van der Waals surface area (Å²) in [6.07, 6.45) is 4.35. The van der Waals surface area contributed by atoms with Gasteiger partial charge in [0, 0.05) is 43.3 Å². The standard InChI is InChI=1S/C24H20BrFN6O2/c25-15-11-27-24(28-12-15)29-16-7-8-32(13-16)23(34)19-9-14(5-6-20(19)26)10-21-17-3-1-2-4-18(17)22(33)31-30-21/h1-6,9,11-12,16H,7-8,10,13H2,(H,31,33)(H,27,28,29). The number of likely N-dealkylation sites (tertiary alicyclic amines) is 1. The lowest BCUT2D eigenvalue weighted by Gasteiger charge is -2.18. The molecule has 0 aliphatic carbocycles. The number of rotatable bonds is 5. The molecule has 2 aromatic carbocycles. The van der Waals surface area contributed by atoms with E-state index in [-0.39, 0.29) is 23.1 Å². The summed E-state index contributed by atoms with van der Waals surface area (Å²) >= 11 is 3.30. The van der Waals surface area contributed by atoms with Gasteiger partial charge in [0.15, 0.2) is 0 Å². The van der Waals surface area contributed by atoms with Gasteiger partial charge in [0.2, 0.25) is 5.95 Å². The Hall–Kier alpha value is -3.66. The molecule has 1 unspecified atom stereocenters. The summed E-state index contributed by atoms with van der Waals surface area (Å²) in [5, 5.41) is 11.2. The molecule has 1 saturated heterocycles. The van der Waals surface area contributed by atoms with Gasteiger partial charge in [-0.1, -0.05) is 24.3 Å². The normalized spacial score (nSPS) is 15.6. The molecule has 5 rings (SSSR count). The lowest BCUT2D eigenvalue weighted by atomic mass is 10.0. The number of fused-ring (bicyclic) bond motifs is 1. The number of aromatic nitrogens is 4. The Labute approximate surface area is 202 Å². The van der Waals surface area contributed by atoms with Gasteiger partial charge < -0.3 is 10.2 Å².